The molecule has 43 heavy (non-hydrogen) atoms. The van der Waals surface area contributed by atoms with E-state index >= 15 is 0 Å². The van der Waals surface area contributed by atoms with Gasteiger partial charge in [-0.2, -0.15) is 5.10 Å². The molecule has 3 aliphatic carbocycles. The second-order valence-corrected chi connectivity index (χ2v) is 11.4. The number of hydrazone groups is 1. The first-order valence-electron chi connectivity index (χ1n) is 13.7. The van der Waals surface area contributed by atoms with Crippen molar-refractivity contribution in [3.63, 3.8) is 0 Å². The molecule has 1 aliphatic heterocycles. The summed E-state index contributed by atoms with van der Waals surface area (Å²) in [5, 5.41) is 16.0. The molecule has 0 saturated carbocycles. The number of carbonyl (C=O) groups excluding carboxylic acids is 3. The van der Waals surface area contributed by atoms with Gasteiger partial charge in [0.25, 0.3) is 11.6 Å². The van der Waals surface area contributed by atoms with Gasteiger partial charge in [-0.05, 0) is 52.9 Å². The number of hydrogen-bond acceptors (Lipinski definition) is 6. The first kappa shape index (κ1) is 26.7. The molecule has 3 amide bonds. The molecule has 212 valence electrons. The highest BCUT2D eigenvalue weighted by molar-refractivity contribution is 6.31. The Labute approximate surface area is 250 Å². The summed E-state index contributed by atoms with van der Waals surface area (Å²) in [6, 6.07) is 25.9. The molecule has 4 aliphatic rings. The van der Waals surface area contributed by atoms with E-state index in [-0.39, 0.29) is 29.0 Å². The number of non-ortho nitro benzene ring substituents is 1. The van der Waals surface area contributed by atoms with E-state index in [1.54, 1.807) is 24.4 Å². The normalized spacial score (nSPS) is 23.2. The van der Waals surface area contributed by atoms with Crippen molar-refractivity contribution in [3.05, 3.63) is 140 Å². The Bertz CT molecular complexity index is 1870. The number of hydrogen-bond donors (Lipinski definition) is 1. The molecule has 4 aromatic carbocycles. The number of carbonyl (C=O) groups is 3. The van der Waals surface area contributed by atoms with Gasteiger partial charge >= 0.3 is 0 Å². The van der Waals surface area contributed by atoms with Crippen LogP contribution in [-0.2, 0) is 15.0 Å². The number of imide groups is 1. The topological polar surface area (TPSA) is 122 Å². The molecule has 8 rings (SSSR count). The molecule has 0 spiro atoms. The molecular weight excluding hydrogens is 568 g/mol. The second-order valence-electron chi connectivity index (χ2n) is 11.0. The average molecular weight is 591 g/mol. The summed E-state index contributed by atoms with van der Waals surface area (Å²) in [5.41, 5.74) is 5.83. The molecule has 4 aromatic rings. The minimum atomic E-state index is -1.18. The van der Waals surface area contributed by atoms with Crippen molar-refractivity contribution in [2.24, 2.45) is 16.9 Å². The molecule has 10 heteroatoms. The number of nitro benzene ring substituents is 1. The fourth-order valence-electron chi connectivity index (χ4n) is 7.13. The van der Waals surface area contributed by atoms with Crippen molar-refractivity contribution >= 4 is 46.9 Å². The molecule has 2 bridgehead atoms. The van der Waals surface area contributed by atoms with Crippen LogP contribution < -0.4 is 10.3 Å². The standard InChI is InChI=1S/C33H23ClN4O5/c1-18-13-14-20(34)16-26(18)37-31(40)28-27-22-9-2-4-11-24(22)33(29(28)32(37)41,25-12-5-3-10-23(25)27)17-35-36-30(39)19-7-6-8-21(15-19)38(42)43/h2-17,27-29H,1H3,(H,36,39)/b35-17-/t27?,28-,29-,33?/m0/s1. The Hall–Kier alpha value is -5.15. The SMILES string of the molecule is Cc1ccc(Cl)cc1N1C(=O)[C@@H]2[C@@H](C1=O)C1c3ccccc3C2(/C=N\NC(=O)c2cccc([N+](=O)[O-])c2)c2ccccc21. The van der Waals surface area contributed by atoms with Crippen LogP contribution in [0.15, 0.2) is 96.1 Å². The molecular formula is C33H23ClN4O5. The van der Waals surface area contributed by atoms with E-state index in [4.69, 9.17) is 11.6 Å². The van der Waals surface area contributed by atoms with Crippen LogP contribution in [0.4, 0.5) is 11.4 Å². The lowest BCUT2D eigenvalue weighted by molar-refractivity contribution is -0.384. The number of aryl methyl sites for hydroxylation is 1. The highest BCUT2D eigenvalue weighted by Crippen LogP contribution is 2.63. The Morgan fingerprint density at radius 3 is 2.30 bits per heavy atom. The Morgan fingerprint density at radius 2 is 1.63 bits per heavy atom. The molecule has 1 fully saturated rings. The van der Waals surface area contributed by atoms with E-state index < -0.39 is 28.1 Å². The van der Waals surface area contributed by atoms with Crippen LogP contribution in [0.25, 0.3) is 0 Å². The van der Waals surface area contributed by atoms with Crippen molar-refractivity contribution in [1.82, 2.24) is 5.43 Å². The fourth-order valence-corrected chi connectivity index (χ4v) is 7.29. The maximum atomic E-state index is 14.5. The third-order valence-corrected chi connectivity index (χ3v) is 9.08. The number of nitrogens with zero attached hydrogens (tertiary/aromatic N) is 3. The predicted molar refractivity (Wildman–Crippen MR) is 160 cm³/mol. The van der Waals surface area contributed by atoms with E-state index in [0.717, 1.165) is 27.8 Å². The largest absolute Gasteiger partial charge is 0.274 e. The van der Waals surface area contributed by atoms with Crippen molar-refractivity contribution < 1.29 is 19.3 Å². The number of rotatable bonds is 5. The highest BCUT2D eigenvalue weighted by atomic mass is 35.5. The lowest BCUT2D eigenvalue weighted by atomic mass is 9.47. The van der Waals surface area contributed by atoms with Gasteiger partial charge in [-0.3, -0.25) is 24.5 Å². The van der Waals surface area contributed by atoms with Gasteiger partial charge in [0.15, 0.2) is 0 Å². The van der Waals surface area contributed by atoms with Crippen LogP contribution in [-0.4, -0.2) is 28.9 Å². The molecule has 0 aromatic heterocycles. The van der Waals surface area contributed by atoms with Gasteiger partial charge in [-0.1, -0.05) is 72.3 Å². The van der Waals surface area contributed by atoms with Crippen LogP contribution in [0.1, 0.15) is 44.1 Å². The van der Waals surface area contributed by atoms with Gasteiger partial charge in [0, 0.05) is 34.9 Å². The Morgan fingerprint density at radius 1 is 0.953 bits per heavy atom. The number of nitrogens with one attached hydrogen (secondary N) is 1. The van der Waals surface area contributed by atoms with Gasteiger partial charge in [0.05, 0.1) is 27.9 Å². The maximum absolute atomic E-state index is 14.5. The van der Waals surface area contributed by atoms with E-state index in [9.17, 15) is 24.5 Å². The fraction of sp³-hybridized carbons (Fsp3) is 0.152. The summed E-state index contributed by atoms with van der Waals surface area (Å²) in [6.07, 6.45) is 1.55. The molecule has 1 N–H and O–H groups in total. The van der Waals surface area contributed by atoms with Crippen LogP contribution in [0.3, 0.4) is 0 Å². The van der Waals surface area contributed by atoms with E-state index in [2.05, 4.69) is 10.5 Å². The van der Waals surface area contributed by atoms with E-state index in [1.807, 2.05) is 55.5 Å². The molecule has 0 radical (unpaired) electrons. The molecule has 1 heterocycles. The predicted octanol–water partition coefficient (Wildman–Crippen LogP) is 5.52. The molecule has 0 unspecified atom stereocenters. The summed E-state index contributed by atoms with van der Waals surface area (Å²) in [6.45, 7) is 1.83. The zero-order valence-corrected chi connectivity index (χ0v) is 23.5. The minimum absolute atomic E-state index is 0.0598. The Kier molecular flexibility index (Phi) is 6.03. The maximum Gasteiger partial charge on any atom is 0.271 e. The summed E-state index contributed by atoms with van der Waals surface area (Å²) in [5.74, 6) is -3.24. The number of nitro groups is 1. The molecule has 2 atom stereocenters. The van der Waals surface area contributed by atoms with Crippen LogP contribution in [0.2, 0.25) is 5.02 Å². The number of benzene rings is 4. The quantitative estimate of drug-likeness (QED) is 0.142. The molecule has 1 saturated heterocycles. The van der Waals surface area contributed by atoms with Crippen LogP contribution in [0.5, 0.6) is 0 Å². The molecule has 9 nitrogen and oxygen atoms in total. The second kappa shape index (κ2) is 9.71. The van der Waals surface area contributed by atoms with Crippen molar-refractivity contribution in [1.29, 1.82) is 0 Å². The van der Waals surface area contributed by atoms with E-state index in [1.165, 1.54) is 29.2 Å². The van der Waals surface area contributed by atoms with Crippen molar-refractivity contribution in [2.45, 2.75) is 18.3 Å². The number of halogens is 1. The van der Waals surface area contributed by atoms with Crippen molar-refractivity contribution in [3.8, 4) is 0 Å². The third-order valence-electron chi connectivity index (χ3n) is 8.85. The van der Waals surface area contributed by atoms with Gasteiger partial charge in [-0.15, -0.1) is 0 Å². The van der Waals surface area contributed by atoms with Crippen LogP contribution >= 0.6 is 11.6 Å². The monoisotopic (exact) mass is 590 g/mol. The lowest BCUT2D eigenvalue weighted by Crippen LogP contribution is -2.54. The Balaban J connectivity index is 1.39. The average Bonchev–Trinajstić information content (AvgIpc) is 3.29. The minimum Gasteiger partial charge on any atom is -0.274 e. The third kappa shape index (κ3) is 3.78. The highest BCUT2D eigenvalue weighted by Gasteiger charge is 2.68. The zero-order chi connectivity index (χ0) is 30.0. The van der Waals surface area contributed by atoms with E-state index in [0.29, 0.717) is 10.7 Å². The zero-order valence-electron chi connectivity index (χ0n) is 22.7. The van der Waals surface area contributed by atoms with Gasteiger partial charge in [-0.25, -0.2) is 10.3 Å². The van der Waals surface area contributed by atoms with Crippen LogP contribution in [0, 0.1) is 28.9 Å². The number of anilines is 1. The summed E-state index contributed by atoms with van der Waals surface area (Å²) in [7, 11) is 0. The first-order valence-corrected chi connectivity index (χ1v) is 14.0. The first-order chi connectivity index (χ1) is 20.7. The van der Waals surface area contributed by atoms with Gasteiger partial charge < -0.3 is 0 Å². The smallest absolute Gasteiger partial charge is 0.271 e. The van der Waals surface area contributed by atoms with Gasteiger partial charge in [0.2, 0.25) is 11.8 Å². The number of amides is 3. The van der Waals surface area contributed by atoms with Gasteiger partial charge in [0.1, 0.15) is 0 Å². The summed E-state index contributed by atoms with van der Waals surface area (Å²) < 4.78 is 0. The summed E-state index contributed by atoms with van der Waals surface area (Å²) in [4.78, 5) is 53.7. The lowest BCUT2D eigenvalue weighted by Gasteiger charge is -2.52. The van der Waals surface area contributed by atoms with Crippen molar-refractivity contribution in [2.75, 3.05) is 4.90 Å². The summed E-state index contributed by atoms with van der Waals surface area (Å²) >= 11 is 6.31.